The van der Waals surface area contributed by atoms with E-state index < -0.39 is 0 Å². The Kier molecular flexibility index (Phi) is 4.53. The Labute approximate surface area is 149 Å². The second-order valence-electron chi connectivity index (χ2n) is 7.11. The molecule has 1 aliphatic heterocycles. The molecule has 0 spiro atoms. The van der Waals surface area contributed by atoms with Gasteiger partial charge >= 0.3 is 0 Å². The van der Waals surface area contributed by atoms with Gasteiger partial charge in [-0.3, -0.25) is 9.78 Å². The summed E-state index contributed by atoms with van der Waals surface area (Å²) in [7, 11) is 0. The van der Waals surface area contributed by atoms with E-state index in [-0.39, 0.29) is 5.91 Å². The minimum Gasteiger partial charge on any atom is -0.348 e. The second kappa shape index (κ2) is 6.96. The molecule has 4 heteroatoms. The Morgan fingerprint density at radius 2 is 2.08 bits per heavy atom. The first-order valence-corrected chi connectivity index (χ1v) is 9.30. The molecule has 2 aliphatic rings. The topological polar surface area (TPSA) is 54.0 Å². The van der Waals surface area contributed by atoms with E-state index in [4.69, 9.17) is 0 Å². The number of rotatable bonds is 3. The standard InChI is InChI=1S/C21H25N3O/c1-14-11-19(18-7-2-3-8-20(18)24-14)21(25)23-13-16-6-4-5-15-12-22-10-9-17(15)16/h4-6,11,22H,2-3,7-10,12-13H2,1H3,(H,23,25). The minimum absolute atomic E-state index is 0.0372. The number of nitrogens with zero attached hydrogens (tertiary/aromatic N) is 1. The van der Waals surface area contributed by atoms with E-state index in [1.165, 1.54) is 23.1 Å². The van der Waals surface area contributed by atoms with Crippen LogP contribution < -0.4 is 10.6 Å². The first kappa shape index (κ1) is 16.3. The summed E-state index contributed by atoms with van der Waals surface area (Å²) in [6, 6.07) is 8.35. The van der Waals surface area contributed by atoms with Crippen molar-refractivity contribution in [3.63, 3.8) is 0 Å². The molecule has 0 unspecified atom stereocenters. The Morgan fingerprint density at radius 1 is 1.20 bits per heavy atom. The van der Waals surface area contributed by atoms with Gasteiger partial charge in [0.1, 0.15) is 0 Å². The molecule has 0 fully saturated rings. The van der Waals surface area contributed by atoms with E-state index in [2.05, 4.69) is 33.8 Å². The number of benzene rings is 1. The zero-order valence-electron chi connectivity index (χ0n) is 14.8. The monoisotopic (exact) mass is 335 g/mol. The predicted octanol–water partition coefficient (Wildman–Crippen LogP) is 2.84. The molecule has 0 saturated heterocycles. The Balaban J connectivity index is 1.55. The summed E-state index contributed by atoms with van der Waals surface area (Å²) < 4.78 is 0. The van der Waals surface area contributed by atoms with E-state index >= 15 is 0 Å². The van der Waals surface area contributed by atoms with Crippen LogP contribution in [0.15, 0.2) is 24.3 Å². The molecule has 0 saturated carbocycles. The van der Waals surface area contributed by atoms with Crippen molar-refractivity contribution in [3.8, 4) is 0 Å². The molecule has 1 amide bonds. The highest BCUT2D eigenvalue weighted by Gasteiger charge is 2.20. The van der Waals surface area contributed by atoms with Crippen molar-refractivity contribution < 1.29 is 4.79 Å². The molecule has 2 aromatic rings. The van der Waals surface area contributed by atoms with Crippen LogP contribution in [0.2, 0.25) is 0 Å². The lowest BCUT2D eigenvalue weighted by Gasteiger charge is -2.21. The highest BCUT2D eigenvalue weighted by Crippen LogP contribution is 2.24. The molecule has 1 aliphatic carbocycles. The summed E-state index contributed by atoms with van der Waals surface area (Å²) in [4.78, 5) is 17.5. The average Bonchev–Trinajstić information content (AvgIpc) is 2.65. The second-order valence-corrected chi connectivity index (χ2v) is 7.11. The zero-order valence-corrected chi connectivity index (χ0v) is 14.8. The van der Waals surface area contributed by atoms with Gasteiger partial charge in [0.2, 0.25) is 0 Å². The minimum atomic E-state index is 0.0372. The highest BCUT2D eigenvalue weighted by atomic mass is 16.1. The van der Waals surface area contributed by atoms with Crippen molar-refractivity contribution in [1.29, 1.82) is 0 Å². The number of aromatic nitrogens is 1. The predicted molar refractivity (Wildman–Crippen MR) is 98.6 cm³/mol. The van der Waals surface area contributed by atoms with Crippen LogP contribution in [-0.2, 0) is 32.4 Å². The third-order valence-electron chi connectivity index (χ3n) is 5.35. The molecule has 25 heavy (non-hydrogen) atoms. The van der Waals surface area contributed by atoms with E-state index in [1.807, 2.05) is 13.0 Å². The van der Waals surface area contributed by atoms with Gasteiger partial charge in [-0.2, -0.15) is 0 Å². The summed E-state index contributed by atoms with van der Waals surface area (Å²) in [6.07, 6.45) is 5.32. The number of nitrogens with one attached hydrogen (secondary N) is 2. The lowest BCUT2D eigenvalue weighted by molar-refractivity contribution is 0.0949. The van der Waals surface area contributed by atoms with Gasteiger partial charge < -0.3 is 10.6 Å². The fraction of sp³-hybridized carbons (Fsp3) is 0.429. The van der Waals surface area contributed by atoms with Crippen LogP contribution in [0.1, 0.15) is 56.8 Å². The van der Waals surface area contributed by atoms with Gasteiger partial charge in [-0.25, -0.2) is 0 Å². The summed E-state index contributed by atoms with van der Waals surface area (Å²) in [5, 5.41) is 6.56. The van der Waals surface area contributed by atoms with Crippen molar-refractivity contribution in [2.24, 2.45) is 0 Å². The first-order chi connectivity index (χ1) is 12.2. The molecule has 2 N–H and O–H groups in total. The fourth-order valence-electron chi connectivity index (χ4n) is 4.09. The molecule has 1 aromatic heterocycles. The SMILES string of the molecule is Cc1cc(C(=O)NCc2cccc3c2CCNC3)c2c(n1)CCCC2. The number of amides is 1. The molecule has 4 rings (SSSR count). The van der Waals surface area contributed by atoms with Gasteiger partial charge in [-0.1, -0.05) is 18.2 Å². The number of pyridine rings is 1. The van der Waals surface area contributed by atoms with Gasteiger partial charge in [-0.05, 0) is 73.9 Å². The van der Waals surface area contributed by atoms with Crippen LogP contribution in [0.4, 0.5) is 0 Å². The molecule has 2 heterocycles. The van der Waals surface area contributed by atoms with Crippen molar-refractivity contribution >= 4 is 5.91 Å². The summed E-state index contributed by atoms with van der Waals surface area (Å²) in [5.74, 6) is 0.0372. The molecular weight excluding hydrogens is 310 g/mol. The van der Waals surface area contributed by atoms with E-state index in [0.29, 0.717) is 6.54 Å². The van der Waals surface area contributed by atoms with Crippen LogP contribution in [-0.4, -0.2) is 17.4 Å². The van der Waals surface area contributed by atoms with Crippen molar-refractivity contribution in [1.82, 2.24) is 15.6 Å². The van der Waals surface area contributed by atoms with Crippen LogP contribution in [0.5, 0.6) is 0 Å². The molecular formula is C21H25N3O. The Morgan fingerprint density at radius 3 is 3.00 bits per heavy atom. The van der Waals surface area contributed by atoms with E-state index in [1.54, 1.807) is 0 Å². The Hall–Kier alpha value is -2.20. The number of aryl methyl sites for hydroxylation is 2. The quantitative estimate of drug-likeness (QED) is 0.907. The van der Waals surface area contributed by atoms with Crippen molar-refractivity contribution in [2.45, 2.75) is 52.1 Å². The number of hydrogen-bond donors (Lipinski definition) is 2. The first-order valence-electron chi connectivity index (χ1n) is 9.30. The third kappa shape index (κ3) is 3.31. The fourth-order valence-corrected chi connectivity index (χ4v) is 4.09. The zero-order chi connectivity index (χ0) is 17.2. The largest absolute Gasteiger partial charge is 0.348 e. The van der Waals surface area contributed by atoms with E-state index in [9.17, 15) is 4.79 Å². The number of carbonyl (C=O) groups is 1. The number of hydrogen-bond acceptors (Lipinski definition) is 3. The molecule has 0 radical (unpaired) electrons. The lowest BCUT2D eigenvalue weighted by atomic mass is 9.91. The highest BCUT2D eigenvalue weighted by molar-refractivity contribution is 5.96. The van der Waals surface area contributed by atoms with Crippen LogP contribution >= 0.6 is 0 Å². The normalized spacial score (nSPS) is 16.0. The summed E-state index contributed by atoms with van der Waals surface area (Å²) in [6.45, 7) is 4.51. The van der Waals surface area contributed by atoms with Crippen molar-refractivity contribution in [2.75, 3.05) is 6.54 Å². The molecule has 0 atom stereocenters. The number of carbonyl (C=O) groups excluding carboxylic acids is 1. The Bertz CT molecular complexity index is 813. The average molecular weight is 335 g/mol. The molecule has 4 nitrogen and oxygen atoms in total. The van der Waals surface area contributed by atoms with Crippen LogP contribution in [0, 0.1) is 6.92 Å². The summed E-state index contributed by atoms with van der Waals surface area (Å²) in [5.41, 5.74) is 8.05. The van der Waals surface area contributed by atoms with Crippen LogP contribution in [0.25, 0.3) is 0 Å². The third-order valence-corrected chi connectivity index (χ3v) is 5.35. The summed E-state index contributed by atoms with van der Waals surface area (Å²) >= 11 is 0. The smallest absolute Gasteiger partial charge is 0.251 e. The van der Waals surface area contributed by atoms with Gasteiger partial charge in [0, 0.05) is 30.0 Å². The lowest BCUT2D eigenvalue weighted by Crippen LogP contribution is -2.28. The van der Waals surface area contributed by atoms with Gasteiger partial charge in [0.05, 0.1) is 0 Å². The molecule has 130 valence electrons. The molecule has 0 bridgehead atoms. The molecule has 1 aromatic carbocycles. The van der Waals surface area contributed by atoms with E-state index in [0.717, 1.165) is 61.3 Å². The van der Waals surface area contributed by atoms with Crippen LogP contribution in [0.3, 0.4) is 0 Å². The van der Waals surface area contributed by atoms with Gasteiger partial charge in [0.25, 0.3) is 5.91 Å². The number of fused-ring (bicyclic) bond motifs is 2. The van der Waals surface area contributed by atoms with Crippen molar-refractivity contribution in [3.05, 3.63) is 63.5 Å². The van der Waals surface area contributed by atoms with Gasteiger partial charge in [-0.15, -0.1) is 0 Å². The maximum atomic E-state index is 12.9. The van der Waals surface area contributed by atoms with Gasteiger partial charge in [0.15, 0.2) is 0 Å². The maximum Gasteiger partial charge on any atom is 0.251 e. The maximum absolute atomic E-state index is 12.9.